The summed E-state index contributed by atoms with van der Waals surface area (Å²) in [6.45, 7) is 19.1. The molecule has 4 fully saturated rings. The molecule has 35 heavy (non-hydrogen) atoms. The summed E-state index contributed by atoms with van der Waals surface area (Å²) < 4.78 is 6.89. The number of aliphatic carboxylic acids is 1. The molecule has 4 aliphatic carbocycles. The van der Waals surface area contributed by atoms with Crippen LogP contribution in [0.15, 0.2) is 0 Å². The van der Waals surface area contributed by atoms with Gasteiger partial charge in [0, 0.05) is 12.5 Å². The van der Waals surface area contributed by atoms with E-state index < -0.39 is 14.3 Å². The number of hydrogen-bond donors (Lipinski definition) is 2. The smallest absolute Gasteiger partial charge is 0.303 e. The first-order chi connectivity index (χ1) is 16.1. The number of carboxylic acids is 1. The summed E-state index contributed by atoms with van der Waals surface area (Å²) in [5, 5.41) is 21.1. The molecule has 10 atom stereocenters. The summed E-state index contributed by atoms with van der Waals surface area (Å²) in [6, 6.07) is 0. The Kier molecular flexibility index (Phi) is 7.43. The van der Waals surface area contributed by atoms with Crippen LogP contribution in [-0.2, 0) is 9.22 Å². The molecule has 5 heteroatoms. The first kappa shape index (κ1) is 27.6. The normalized spacial score (nSPS) is 44.8. The lowest BCUT2D eigenvalue weighted by Crippen LogP contribution is -2.59. The zero-order valence-electron chi connectivity index (χ0n) is 23.9. The van der Waals surface area contributed by atoms with Gasteiger partial charge in [-0.15, -0.1) is 0 Å². The van der Waals surface area contributed by atoms with Gasteiger partial charge < -0.3 is 14.6 Å². The molecule has 4 aliphatic rings. The molecule has 0 aromatic rings. The molecular formula is C30H54O4Si. The Hall–Kier alpha value is -0.393. The second kappa shape index (κ2) is 9.41. The number of hydrogen-bond acceptors (Lipinski definition) is 3. The minimum absolute atomic E-state index is 0.192. The summed E-state index contributed by atoms with van der Waals surface area (Å²) in [4.78, 5) is 11.2. The van der Waals surface area contributed by atoms with E-state index in [-0.39, 0.29) is 23.0 Å². The summed E-state index contributed by atoms with van der Waals surface area (Å²) in [5.74, 6) is 2.57. The minimum Gasteiger partial charge on any atom is -0.481 e. The van der Waals surface area contributed by atoms with Crippen molar-refractivity contribution in [2.24, 2.45) is 46.3 Å². The van der Waals surface area contributed by atoms with Gasteiger partial charge in [0.05, 0.1) is 6.10 Å². The first-order valence-electron chi connectivity index (χ1n) is 14.7. The third kappa shape index (κ3) is 4.80. The van der Waals surface area contributed by atoms with E-state index in [1.54, 1.807) is 0 Å². The average molecular weight is 507 g/mol. The highest BCUT2D eigenvalue weighted by Gasteiger charge is 2.63. The van der Waals surface area contributed by atoms with Crippen LogP contribution in [0.3, 0.4) is 0 Å². The van der Waals surface area contributed by atoms with Crippen molar-refractivity contribution >= 4 is 14.3 Å². The van der Waals surface area contributed by atoms with E-state index in [0.29, 0.717) is 47.0 Å². The average Bonchev–Trinajstić information content (AvgIpc) is 3.09. The van der Waals surface area contributed by atoms with Gasteiger partial charge in [-0.05, 0) is 122 Å². The van der Waals surface area contributed by atoms with E-state index in [1.165, 1.54) is 38.5 Å². The maximum atomic E-state index is 11.7. The molecule has 4 rings (SSSR count). The quantitative estimate of drug-likeness (QED) is 0.366. The number of aliphatic hydroxyl groups excluding tert-OH is 1. The van der Waals surface area contributed by atoms with E-state index in [9.17, 15) is 15.0 Å². The summed E-state index contributed by atoms with van der Waals surface area (Å²) in [5.41, 5.74) is 0.581. The van der Waals surface area contributed by atoms with Crippen LogP contribution < -0.4 is 0 Å². The Morgan fingerprint density at radius 1 is 1.03 bits per heavy atom. The number of fused-ring (bicyclic) bond motifs is 5. The van der Waals surface area contributed by atoms with Crippen molar-refractivity contribution in [3.8, 4) is 0 Å². The maximum Gasteiger partial charge on any atom is 0.303 e. The van der Waals surface area contributed by atoms with Crippen molar-refractivity contribution in [1.29, 1.82) is 0 Å². The fourth-order valence-corrected chi connectivity index (χ4v) is 10.8. The largest absolute Gasteiger partial charge is 0.481 e. The van der Waals surface area contributed by atoms with Gasteiger partial charge in [0.25, 0.3) is 0 Å². The van der Waals surface area contributed by atoms with Gasteiger partial charge in [0.1, 0.15) is 0 Å². The van der Waals surface area contributed by atoms with Crippen LogP contribution in [0.2, 0.25) is 18.1 Å². The second-order valence-electron chi connectivity index (χ2n) is 15.2. The van der Waals surface area contributed by atoms with Crippen molar-refractivity contribution < 1.29 is 19.4 Å². The van der Waals surface area contributed by atoms with Crippen LogP contribution in [0.5, 0.6) is 0 Å². The van der Waals surface area contributed by atoms with E-state index in [1.807, 2.05) is 0 Å². The van der Waals surface area contributed by atoms with Gasteiger partial charge >= 0.3 is 5.97 Å². The molecule has 0 heterocycles. The molecule has 4 saturated carbocycles. The predicted molar refractivity (Wildman–Crippen MR) is 145 cm³/mol. The molecule has 0 aromatic carbocycles. The number of carboxylic acid groups (broad SMARTS) is 1. The van der Waals surface area contributed by atoms with Gasteiger partial charge in [-0.1, -0.05) is 41.5 Å². The Bertz CT molecular complexity index is 790. The zero-order valence-corrected chi connectivity index (χ0v) is 24.9. The van der Waals surface area contributed by atoms with Crippen molar-refractivity contribution in [2.75, 3.05) is 0 Å². The molecule has 0 aliphatic heterocycles. The Morgan fingerprint density at radius 3 is 2.29 bits per heavy atom. The molecule has 0 spiro atoms. The van der Waals surface area contributed by atoms with Crippen molar-refractivity contribution in [1.82, 2.24) is 0 Å². The monoisotopic (exact) mass is 506 g/mol. The van der Waals surface area contributed by atoms with Gasteiger partial charge in [-0.2, -0.15) is 0 Å². The van der Waals surface area contributed by atoms with Crippen molar-refractivity contribution in [3.63, 3.8) is 0 Å². The second-order valence-corrected chi connectivity index (χ2v) is 20.0. The van der Waals surface area contributed by atoms with Crippen LogP contribution in [0, 0.1) is 46.3 Å². The Labute approximate surface area is 216 Å². The van der Waals surface area contributed by atoms with E-state index in [4.69, 9.17) is 4.43 Å². The standard InChI is InChI=1S/C30H54O4Si/c1-19(9-12-26(32)33)22-10-11-23-27-24(14-16-30(22,23)6)29(5)15-13-21(17-20(29)18-25(27)31)34-35(7,8)28(2,3)4/h19-25,27,31H,9-18H2,1-8H3,(H,32,33)/t19-,20+,21-,22-,23+,24+,25+,27+,29+,30-/m1/s1. The lowest BCUT2D eigenvalue weighted by molar-refractivity contribution is -0.173. The number of rotatable bonds is 6. The molecule has 202 valence electrons. The Balaban J connectivity index is 1.49. The lowest BCUT2D eigenvalue weighted by Gasteiger charge is -2.63. The van der Waals surface area contributed by atoms with Crippen molar-refractivity contribution in [3.05, 3.63) is 0 Å². The van der Waals surface area contributed by atoms with Crippen LogP contribution in [0.4, 0.5) is 0 Å². The SMILES string of the molecule is C[C@H](CCC(=O)O)[C@H]1CC[C@H]2[C@@H]3[C@@H](O)C[C@@H]4C[C@H](O[Si](C)(C)C(C)(C)C)CC[C@]4(C)[C@H]3CC[C@]12C. The molecule has 0 amide bonds. The van der Waals surface area contributed by atoms with Gasteiger partial charge in [0.15, 0.2) is 8.32 Å². The minimum atomic E-state index is -1.78. The highest BCUT2D eigenvalue weighted by atomic mass is 28.4. The third-order valence-electron chi connectivity index (χ3n) is 12.5. The maximum absolute atomic E-state index is 11.7. The molecule has 0 unspecified atom stereocenters. The zero-order chi connectivity index (χ0) is 26.0. The van der Waals surface area contributed by atoms with Gasteiger partial charge in [-0.25, -0.2) is 0 Å². The third-order valence-corrected chi connectivity index (χ3v) is 17.0. The van der Waals surface area contributed by atoms with Crippen LogP contribution in [-0.4, -0.2) is 36.7 Å². The topological polar surface area (TPSA) is 66.8 Å². The molecule has 0 radical (unpaired) electrons. The van der Waals surface area contributed by atoms with Crippen molar-refractivity contribution in [2.45, 2.75) is 136 Å². The highest BCUT2D eigenvalue weighted by molar-refractivity contribution is 6.74. The number of carbonyl (C=O) groups is 1. The van der Waals surface area contributed by atoms with Gasteiger partial charge in [0.2, 0.25) is 0 Å². The van der Waals surface area contributed by atoms with Crippen LogP contribution in [0.25, 0.3) is 0 Å². The molecule has 4 nitrogen and oxygen atoms in total. The van der Waals surface area contributed by atoms with E-state index >= 15 is 0 Å². The predicted octanol–water partition coefficient (Wildman–Crippen LogP) is 7.51. The van der Waals surface area contributed by atoms with E-state index in [0.717, 1.165) is 19.3 Å². The van der Waals surface area contributed by atoms with Crippen LogP contribution in [0.1, 0.15) is 106 Å². The first-order valence-corrected chi connectivity index (χ1v) is 17.6. The molecule has 2 N–H and O–H groups in total. The lowest BCUT2D eigenvalue weighted by atomic mass is 9.43. The van der Waals surface area contributed by atoms with Crippen LogP contribution >= 0.6 is 0 Å². The highest BCUT2D eigenvalue weighted by Crippen LogP contribution is 2.68. The summed E-state index contributed by atoms with van der Waals surface area (Å²) in [6.07, 6.45) is 10.6. The number of aliphatic hydroxyl groups is 1. The summed E-state index contributed by atoms with van der Waals surface area (Å²) in [7, 11) is -1.78. The fraction of sp³-hybridized carbons (Fsp3) is 0.967. The molecule has 0 aromatic heterocycles. The Morgan fingerprint density at radius 2 is 1.66 bits per heavy atom. The van der Waals surface area contributed by atoms with E-state index in [2.05, 4.69) is 54.6 Å². The molecule has 0 saturated heterocycles. The summed E-state index contributed by atoms with van der Waals surface area (Å²) >= 11 is 0. The van der Waals surface area contributed by atoms with Gasteiger partial charge in [-0.3, -0.25) is 4.79 Å². The molecular weight excluding hydrogens is 452 g/mol. The molecule has 0 bridgehead atoms. The fourth-order valence-electron chi connectivity index (χ4n) is 9.41.